The Kier molecular flexibility index (Phi) is 5.90. The van der Waals surface area contributed by atoms with Gasteiger partial charge in [-0.05, 0) is 44.0 Å². The third-order valence-electron chi connectivity index (χ3n) is 4.68. The van der Waals surface area contributed by atoms with Crippen LogP contribution >= 0.6 is 0 Å². The number of nitrogens with zero attached hydrogens (tertiary/aromatic N) is 2. The first-order valence-electron chi connectivity index (χ1n) is 9.10. The minimum absolute atomic E-state index is 0.00360. The predicted molar refractivity (Wildman–Crippen MR) is 104 cm³/mol. The van der Waals surface area contributed by atoms with Gasteiger partial charge in [0.2, 0.25) is 0 Å². The topological polar surface area (TPSA) is 84.7 Å². The summed E-state index contributed by atoms with van der Waals surface area (Å²) in [6.07, 6.45) is 1.89. The molecule has 142 valence electrons. The number of hydrogen-bond acceptors (Lipinski definition) is 6. The van der Waals surface area contributed by atoms with Crippen molar-refractivity contribution in [2.24, 2.45) is 0 Å². The van der Waals surface area contributed by atoms with Gasteiger partial charge in [0.15, 0.2) is 0 Å². The Morgan fingerprint density at radius 3 is 2.56 bits per heavy atom. The van der Waals surface area contributed by atoms with E-state index in [1.165, 1.54) is 6.07 Å². The summed E-state index contributed by atoms with van der Waals surface area (Å²) in [6.45, 7) is 3.48. The molecule has 2 aromatic rings. The number of piperidine rings is 1. The molecule has 1 fully saturated rings. The van der Waals surface area contributed by atoms with Gasteiger partial charge in [0.1, 0.15) is 5.56 Å². The quantitative estimate of drug-likeness (QED) is 0.473. The molecule has 1 saturated heterocycles. The van der Waals surface area contributed by atoms with E-state index in [4.69, 9.17) is 4.74 Å². The van der Waals surface area contributed by atoms with Crippen molar-refractivity contribution in [1.29, 1.82) is 0 Å². The van der Waals surface area contributed by atoms with E-state index in [2.05, 4.69) is 10.2 Å². The summed E-state index contributed by atoms with van der Waals surface area (Å²) in [7, 11) is 0. The van der Waals surface area contributed by atoms with Crippen LogP contribution < -0.4 is 10.2 Å². The number of esters is 1. The van der Waals surface area contributed by atoms with Gasteiger partial charge in [-0.15, -0.1) is 0 Å². The van der Waals surface area contributed by atoms with Crippen molar-refractivity contribution in [3.05, 3.63) is 64.2 Å². The molecular formula is C20H23N3O4. The Balaban J connectivity index is 1.69. The van der Waals surface area contributed by atoms with Gasteiger partial charge in [-0.3, -0.25) is 10.1 Å². The Bertz CT molecular complexity index is 802. The highest BCUT2D eigenvalue weighted by Gasteiger charge is 2.25. The Hall–Kier alpha value is -3.09. The summed E-state index contributed by atoms with van der Waals surface area (Å²) in [6, 6.07) is 15.1. The van der Waals surface area contributed by atoms with E-state index < -0.39 is 10.9 Å². The van der Waals surface area contributed by atoms with E-state index in [0.717, 1.165) is 37.3 Å². The van der Waals surface area contributed by atoms with Crippen LogP contribution in [0.5, 0.6) is 0 Å². The molecule has 0 radical (unpaired) electrons. The molecule has 0 saturated carbocycles. The summed E-state index contributed by atoms with van der Waals surface area (Å²) >= 11 is 0. The third-order valence-corrected chi connectivity index (χ3v) is 4.68. The fourth-order valence-corrected chi connectivity index (χ4v) is 3.30. The minimum Gasteiger partial charge on any atom is -0.462 e. The molecule has 0 amide bonds. The summed E-state index contributed by atoms with van der Waals surface area (Å²) < 4.78 is 4.97. The Morgan fingerprint density at radius 1 is 1.22 bits per heavy atom. The lowest BCUT2D eigenvalue weighted by molar-refractivity contribution is -0.385. The molecule has 3 rings (SSSR count). The summed E-state index contributed by atoms with van der Waals surface area (Å²) in [4.78, 5) is 24.9. The number of nitro groups is 1. The predicted octanol–water partition coefficient (Wildman–Crippen LogP) is 3.85. The molecule has 1 aliphatic heterocycles. The van der Waals surface area contributed by atoms with Crippen molar-refractivity contribution in [2.75, 3.05) is 29.9 Å². The lowest BCUT2D eigenvalue weighted by atomic mass is 10.0. The zero-order chi connectivity index (χ0) is 19.2. The monoisotopic (exact) mass is 369 g/mol. The maximum absolute atomic E-state index is 12.1. The molecule has 0 atom stereocenters. The van der Waals surface area contributed by atoms with E-state index in [0.29, 0.717) is 6.04 Å². The maximum atomic E-state index is 12.1. The van der Waals surface area contributed by atoms with Crippen molar-refractivity contribution < 1.29 is 14.5 Å². The van der Waals surface area contributed by atoms with Crippen LogP contribution in [0.3, 0.4) is 0 Å². The molecule has 0 spiro atoms. The van der Waals surface area contributed by atoms with Gasteiger partial charge >= 0.3 is 5.97 Å². The lowest BCUT2D eigenvalue weighted by Crippen LogP contribution is -2.39. The standard InChI is InChI=1S/C20H23N3O4/c1-2-27-20(24)18-14-17(8-9-19(18)23(25)26)22-12-10-16(11-13-22)21-15-6-4-3-5-7-15/h3-9,14,16,21H,2,10-13H2,1H3. The second-order valence-electron chi connectivity index (χ2n) is 6.45. The van der Waals surface area contributed by atoms with Crippen LogP contribution in [0.4, 0.5) is 17.1 Å². The van der Waals surface area contributed by atoms with Gasteiger partial charge in [-0.2, -0.15) is 0 Å². The number of anilines is 2. The number of nitro benzene ring substituents is 1. The highest BCUT2D eigenvalue weighted by molar-refractivity contribution is 5.95. The second-order valence-corrected chi connectivity index (χ2v) is 6.45. The summed E-state index contributed by atoms with van der Waals surface area (Å²) in [5, 5.41) is 14.7. The first kappa shape index (κ1) is 18.7. The average Bonchev–Trinajstić information content (AvgIpc) is 2.69. The van der Waals surface area contributed by atoms with Gasteiger partial charge in [0, 0.05) is 36.6 Å². The Labute approximate surface area is 158 Å². The van der Waals surface area contributed by atoms with E-state index in [1.807, 2.05) is 30.3 Å². The number of carbonyl (C=O) groups is 1. The van der Waals surface area contributed by atoms with Crippen LogP contribution in [0.2, 0.25) is 0 Å². The molecule has 0 aromatic heterocycles. The zero-order valence-electron chi connectivity index (χ0n) is 15.3. The number of nitrogens with one attached hydrogen (secondary N) is 1. The number of carbonyl (C=O) groups excluding carboxylic acids is 1. The number of hydrogen-bond donors (Lipinski definition) is 1. The van der Waals surface area contributed by atoms with Crippen LogP contribution in [0.15, 0.2) is 48.5 Å². The average molecular weight is 369 g/mol. The number of ether oxygens (including phenoxy) is 1. The van der Waals surface area contributed by atoms with Gasteiger partial charge in [-0.25, -0.2) is 4.79 Å². The number of benzene rings is 2. The molecule has 0 unspecified atom stereocenters. The maximum Gasteiger partial charge on any atom is 0.345 e. The molecule has 7 nitrogen and oxygen atoms in total. The molecule has 1 heterocycles. The second kappa shape index (κ2) is 8.53. The van der Waals surface area contributed by atoms with Crippen molar-refractivity contribution in [1.82, 2.24) is 0 Å². The van der Waals surface area contributed by atoms with Gasteiger partial charge in [0.25, 0.3) is 5.69 Å². The summed E-state index contributed by atoms with van der Waals surface area (Å²) in [5.74, 6) is -0.660. The molecule has 1 aliphatic rings. The largest absolute Gasteiger partial charge is 0.462 e. The normalized spacial score (nSPS) is 14.6. The van der Waals surface area contributed by atoms with Gasteiger partial charge < -0.3 is 15.0 Å². The number of rotatable bonds is 6. The van der Waals surface area contributed by atoms with E-state index in [-0.39, 0.29) is 17.9 Å². The van der Waals surface area contributed by atoms with E-state index in [9.17, 15) is 14.9 Å². The van der Waals surface area contributed by atoms with Crippen molar-refractivity contribution in [2.45, 2.75) is 25.8 Å². The van der Waals surface area contributed by atoms with Crippen molar-refractivity contribution in [3.8, 4) is 0 Å². The third kappa shape index (κ3) is 4.55. The van der Waals surface area contributed by atoms with E-state index in [1.54, 1.807) is 19.1 Å². The number of para-hydroxylation sites is 1. The Morgan fingerprint density at radius 2 is 1.93 bits per heavy atom. The molecule has 0 bridgehead atoms. The fourth-order valence-electron chi connectivity index (χ4n) is 3.30. The van der Waals surface area contributed by atoms with Crippen LogP contribution in [-0.4, -0.2) is 36.6 Å². The SMILES string of the molecule is CCOC(=O)c1cc(N2CCC(Nc3ccccc3)CC2)ccc1[N+](=O)[O-]. The molecule has 0 aliphatic carbocycles. The van der Waals surface area contributed by atoms with Crippen LogP contribution in [0.1, 0.15) is 30.1 Å². The fraction of sp³-hybridized carbons (Fsp3) is 0.350. The highest BCUT2D eigenvalue weighted by Crippen LogP contribution is 2.28. The molecule has 7 heteroatoms. The van der Waals surface area contributed by atoms with Crippen molar-refractivity contribution >= 4 is 23.0 Å². The van der Waals surface area contributed by atoms with E-state index >= 15 is 0 Å². The highest BCUT2D eigenvalue weighted by atomic mass is 16.6. The molecule has 27 heavy (non-hydrogen) atoms. The molecule has 1 N–H and O–H groups in total. The molecule has 2 aromatic carbocycles. The first-order chi connectivity index (χ1) is 13.1. The smallest absolute Gasteiger partial charge is 0.345 e. The molecular weight excluding hydrogens is 346 g/mol. The van der Waals surface area contributed by atoms with Gasteiger partial charge in [-0.1, -0.05) is 18.2 Å². The van der Waals surface area contributed by atoms with Crippen molar-refractivity contribution in [3.63, 3.8) is 0 Å². The first-order valence-corrected chi connectivity index (χ1v) is 9.10. The summed E-state index contributed by atoms with van der Waals surface area (Å²) in [5.41, 5.74) is 1.69. The minimum atomic E-state index is -0.660. The lowest BCUT2D eigenvalue weighted by Gasteiger charge is -2.34. The van der Waals surface area contributed by atoms with Crippen LogP contribution in [0, 0.1) is 10.1 Å². The van der Waals surface area contributed by atoms with Gasteiger partial charge in [0.05, 0.1) is 11.5 Å². The van der Waals surface area contributed by atoms with Crippen LogP contribution in [0.25, 0.3) is 0 Å². The van der Waals surface area contributed by atoms with Crippen LogP contribution in [-0.2, 0) is 4.74 Å². The zero-order valence-corrected chi connectivity index (χ0v) is 15.3.